The third-order valence-corrected chi connectivity index (χ3v) is 5.90. The number of allylic oxidation sites excluding steroid dienone is 2. The molecule has 2 aliphatic rings. The number of ether oxygens (including phenoxy) is 1. The van der Waals surface area contributed by atoms with Crippen molar-refractivity contribution < 1.29 is 18.7 Å². The summed E-state index contributed by atoms with van der Waals surface area (Å²) in [6.07, 6.45) is 3.27. The van der Waals surface area contributed by atoms with E-state index in [-0.39, 0.29) is 23.8 Å². The van der Waals surface area contributed by atoms with E-state index in [1.54, 1.807) is 36.2 Å². The number of rotatable bonds is 4. The first-order valence-electron chi connectivity index (χ1n) is 10.0. The molecule has 6 nitrogen and oxygen atoms in total. The van der Waals surface area contributed by atoms with Crippen LogP contribution in [-0.4, -0.2) is 23.3 Å². The summed E-state index contributed by atoms with van der Waals surface area (Å²) in [5.74, 6) is -1.14. The number of esters is 1. The second-order valence-corrected chi connectivity index (χ2v) is 8.23. The third-order valence-electron chi connectivity index (χ3n) is 5.43. The number of nitrogens with zero attached hydrogens (tertiary/aromatic N) is 2. The lowest BCUT2D eigenvalue weighted by Gasteiger charge is -2.40. The number of pyridine rings is 1. The summed E-state index contributed by atoms with van der Waals surface area (Å²) in [6.45, 7) is 1.86. The van der Waals surface area contributed by atoms with Gasteiger partial charge in [-0.05, 0) is 65.5 Å². The summed E-state index contributed by atoms with van der Waals surface area (Å²) < 4.78 is 19.7. The molecule has 2 heterocycles. The zero-order chi connectivity index (χ0) is 22.1. The van der Waals surface area contributed by atoms with E-state index in [0.29, 0.717) is 41.9 Å². The fourth-order valence-corrected chi connectivity index (χ4v) is 4.38. The average Bonchev–Trinajstić information content (AvgIpc) is 2.75. The Bertz CT molecular complexity index is 1090. The number of aromatic nitrogens is 1. The van der Waals surface area contributed by atoms with Crippen LogP contribution in [0.15, 0.2) is 69.7 Å². The number of anilines is 1. The molecule has 1 aromatic heterocycles. The van der Waals surface area contributed by atoms with E-state index in [4.69, 9.17) is 10.5 Å². The van der Waals surface area contributed by atoms with Crippen molar-refractivity contribution in [2.45, 2.75) is 32.1 Å². The Hall–Kier alpha value is -3.00. The Morgan fingerprint density at radius 2 is 2.00 bits per heavy atom. The molecule has 160 valence electrons. The van der Waals surface area contributed by atoms with Gasteiger partial charge >= 0.3 is 5.97 Å². The van der Waals surface area contributed by atoms with Crippen LogP contribution < -0.4 is 10.6 Å². The molecule has 0 unspecified atom stereocenters. The molecule has 1 aliphatic carbocycles. The zero-order valence-corrected chi connectivity index (χ0v) is 18.5. The van der Waals surface area contributed by atoms with Gasteiger partial charge in [-0.3, -0.25) is 9.69 Å². The summed E-state index contributed by atoms with van der Waals surface area (Å²) >= 11 is 3.37. The second-order valence-electron chi connectivity index (χ2n) is 7.31. The van der Waals surface area contributed by atoms with E-state index >= 15 is 0 Å². The predicted molar refractivity (Wildman–Crippen MR) is 117 cm³/mol. The van der Waals surface area contributed by atoms with Gasteiger partial charge in [-0.15, -0.1) is 0 Å². The molecule has 8 heteroatoms. The van der Waals surface area contributed by atoms with E-state index in [2.05, 4.69) is 20.9 Å². The highest BCUT2D eigenvalue weighted by atomic mass is 79.9. The normalized spacial score (nSPS) is 18.9. The number of benzene rings is 1. The zero-order valence-electron chi connectivity index (χ0n) is 16.9. The Morgan fingerprint density at radius 3 is 2.65 bits per heavy atom. The minimum Gasteiger partial charge on any atom is -0.463 e. The maximum Gasteiger partial charge on any atom is 0.338 e. The molecule has 2 N–H and O–H groups in total. The molecule has 0 spiro atoms. The highest BCUT2D eigenvalue weighted by molar-refractivity contribution is 9.10. The van der Waals surface area contributed by atoms with Crippen LogP contribution in [0.3, 0.4) is 0 Å². The van der Waals surface area contributed by atoms with Crippen LogP contribution in [0, 0.1) is 5.82 Å². The Morgan fingerprint density at radius 1 is 1.26 bits per heavy atom. The number of hydrogen-bond acceptors (Lipinski definition) is 6. The van der Waals surface area contributed by atoms with Gasteiger partial charge in [0.15, 0.2) is 5.78 Å². The largest absolute Gasteiger partial charge is 0.463 e. The number of ketones is 1. The SMILES string of the molecule is CCOC(=O)C1=C(N)N(c2ccc(Br)cn2)C2=C(C(=O)CCC2)[C@@H]1c1ccc(F)cc1. The van der Waals surface area contributed by atoms with Crippen LogP contribution in [-0.2, 0) is 14.3 Å². The molecule has 0 saturated heterocycles. The maximum absolute atomic E-state index is 13.6. The summed E-state index contributed by atoms with van der Waals surface area (Å²) in [6, 6.07) is 9.35. The molecular formula is C23H21BrFN3O3. The quantitative estimate of drug-likeness (QED) is 0.648. The lowest BCUT2D eigenvalue weighted by Crippen LogP contribution is -2.41. The first-order valence-corrected chi connectivity index (χ1v) is 10.8. The Balaban J connectivity index is 1.98. The topological polar surface area (TPSA) is 85.5 Å². The first kappa shape index (κ1) is 21.2. The van der Waals surface area contributed by atoms with Crippen LogP contribution in [0.25, 0.3) is 0 Å². The molecular weight excluding hydrogens is 465 g/mol. The van der Waals surface area contributed by atoms with Crippen LogP contribution in [0.1, 0.15) is 37.7 Å². The molecule has 2 aromatic rings. The van der Waals surface area contributed by atoms with Crippen LogP contribution in [0.2, 0.25) is 0 Å². The lowest BCUT2D eigenvalue weighted by molar-refractivity contribution is -0.138. The second kappa shape index (κ2) is 8.63. The van der Waals surface area contributed by atoms with Gasteiger partial charge in [0.05, 0.1) is 18.1 Å². The van der Waals surface area contributed by atoms with Crippen molar-refractivity contribution >= 4 is 33.5 Å². The third kappa shape index (κ3) is 3.87. The Labute approximate surface area is 187 Å². The number of Topliss-reactive ketones (excluding diaryl/α,β-unsaturated/α-hetero) is 1. The summed E-state index contributed by atoms with van der Waals surface area (Å²) in [5.41, 5.74) is 8.54. The fourth-order valence-electron chi connectivity index (χ4n) is 4.15. The predicted octanol–water partition coefficient (Wildman–Crippen LogP) is 4.33. The standard InChI is InChI=1S/C23H21BrFN3O3/c1-2-31-23(30)21-19(13-6-9-15(25)10-7-13)20-16(4-3-5-17(20)29)28(22(21)26)18-11-8-14(24)12-27-18/h6-12,19H,2-5,26H2,1H3/t19-/m0/s1. The summed E-state index contributed by atoms with van der Waals surface area (Å²) in [4.78, 5) is 32.3. The van der Waals surface area contributed by atoms with Gasteiger partial charge in [0, 0.05) is 28.4 Å². The number of carbonyl (C=O) groups is 2. The average molecular weight is 486 g/mol. The van der Waals surface area contributed by atoms with Gasteiger partial charge in [0.2, 0.25) is 0 Å². The van der Waals surface area contributed by atoms with E-state index in [1.807, 2.05) is 6.07 Å². The Kier molecular flexibility index (Phi) is 5.91. The molecule has 1 aliphatic heterocycles. The first-order chi connectivity index (χ1) is 14.9. The van der Waals surface area contributed by atoms with Crippen molar-refractivity contribution in [2.75, 3.05) is 11.5 Å². The monoisotopic (exact) mass is 485 g/mol. The van der Waals surface area contributed by atoms with Crippen molar-refractivity contribution in [2.24, 2.45) is 5.73 Å². The summed E-state index contributed by atoms with van der Waals surface area (Å²) in [7, 11) is 0. The van der Waals surface area contributed by atoms with Crippen molar-refractivity contribution in [3.8, 4) is 0 Å². The smallest absolute Gasteiger partial charge is 0.338 e. The molecule has 0 amide bonds. The molecule has 1 atom stereocenters. The van der Waals surface area contributed by atoms with E-state index in [0.717, 1.165) is 4.47 Å². The van der Waals surface area contributed by atoms with Gasteiger partial charge in [0.1, 0.15) is 17.5 Å². The van der Waals surface area contributed by atoms with Crippen LogP contribution in [0.5, 0.6) is 0 Å². The molecule has 0 fully saturated rings. The van der Waals surface area contributed by atoms with Crippen LogP contribution >= 0.6 is 15.9 Å². The van der Waals surface area contributed by atoms with Gasteiger partial charge in [-0.2, -0.15) is 0 Å². The maximum atomic E-state index is 13.6. The van der Waals surface area contributed by atoms with Crippen molar-refractivity contribution in [3.05, 3.63) is 81.1 Å². The number of halogens is 2. The number of nitrogens with two attached hydrogens (primary N) is 1. The molecule has 4 rings (SSSR count). The van der Waals surface area contributed by atoms with Crippen molar-refractivity contribution in [1.29, 1.82) is 0 Å². The number of hydrogen-bond donors (Lipinski definition) is 1. The van der Waals surface area contributed by atoms with Crippen molar-refractivity contribution in [1.82, 2.24) is 4.98 Å². The van der Waals surface area contributed by atoms with E-state index in [1.165, 1.54) is 12.1 Å². The summed E-state index contributed by atoms with van der Waals surface area (Å²) in [5, 5.41) is 0. The fraction of sp³-hybridized carbons (Fsp3) is 0.261. The van der Waals surface area contributed by atoms with Gasteiger partial charge in [0.25, 0.3) is 0 Å². The minimum absolute atomic E-state index is 0.0630. The van der Waals surface area contributed by atoms with E-state index in [9.17, 15) is 14.0 Å². The highest BCUT2D eigenvalue weighted by Gasteiger charge is 2.43. The number of carbonyl (C=O) groups excluding carboxylic acids is 2. The molecule has 0 saturated carbocycles. The molecule has 0 bridgehead atoms. The van der Waals surface area contributed by atoms with Gasteiger partial charge in [-0.1, -0.05) is 12.1 Å². The lowest BCUT2D eigenvalue weighted by atomic mass is 9.75. The van der Waals surface area contributed by atoms with E-state index < -0.39 is 17.7 Å². The van der Waals surface area contributed by atoms with Crippen molar-refractivity contribution in [3.63, 3.8) is 0 Å². The highest BCUT2D eigenvalue weighted by Crippen LogP contribution is 2.46. The molecule has 0 radical (unpaired) electrons. The van der Waals surface area contributed by atoms with Crippen LogP contribution in [0.4, 0.5) is 10.2 Å². The van der Waals surface area contributed by atoms with Gasteiger partial charge in [-0.25, -0.2) is 14.2 Å². The molecule has 31 heavy (non-hydrogen) atoms. The minimum atomic E-state index is -0.728. The molecule has 1 aromatic carbocycles. The van der Waals surface area contributed by atoms with Gasteiger partial charge < -0.3 is 10.5 Å².